The van der Waals surface area contributed by atoms with Crippen molar-refractivity contribution in [3.8, 4) is 0 Å². The number of hydrogen-bond donors (Lipinski definition) is 2. The van der Waals surface area contributed by atoms with Gasteiger partial charge < -0.3 is 16.0 Å². The van der Waals surface area contributed by atoms with E-state index in [1.165, 1.54) is 0 Å². The number of benzene rings is 1. The number of likely N-dealkylation sites (tertiary alicyclic amines) is 1. The van der Waals surface area contributed by atoms with Crippen molar-refractivity contribution >= 4 is 23.5 Å². The van der Waals surface area contributed by atoms with Gasteiger partial charge in [-0.1, -0.05) is 18.2 Å². The van der Waals surface area contributed by atoms with E-state index in [-0.39, 0.29) is 11.9 Å². The first-order valence-electron chi connectivity index (χ1n) is 10.6. The third-order valence-corrected chi connectivity index (χ3v) is 5.74. The van der Waals surface area contributed by atoms with Gasteiger partial charge in [-0.25, -0.2) is 0 Å². The number of carbonyl (C=O) groups excluding carboxylic acids is 1. The van der Waals surface area contributed by atoms with Gasteiger partial charge in [0.2, 0.25) is 17.8 Å². The maximum atomic E-state index is 12.4. The second kappa shape index (κ2) is 9.36. The Morgan fingerprint density at radius 3 is 2.43 bits per heavy atom. The predicted molar refractivity (Wildman–Crippen MR) is 116 cm³/mol. The van der Waals surface area contributed by atoms with Gasteiger partial charge in [0.25, 0.3) is 0 Å². The van der Waals surface area contributed by atoms with Crippen molar-refractivity contribution in [1.29, 1.82) is 0 Å². The molecule has 2 aliphatic heterocycles. The van der Waals surface area contributed by atoms with Crippen molar-refractivity contribution in [2.24, 2.45) is 0 Å². The zero-order chi connectivity index (χ0) is 20.9. The first-order chi connectivity index (χ1) is 14.6. The van der Waals surface area contributed by atoms with Crippen molar-refractivity contribution in [3.63, 3.8) is 0 Å². The quantitative estimate of drug-likeness (QED) is 0.733. The number of nitrogens with one attached hydrogen (secondary N) is 1. The number of piperazine rings is 1. The van der Waals surface area contributed by atoms with Crippen LogP contribution < -0.4 is 11.1 Å². The second-order valence-corrected chi connectivity index (χ2v) is 8.01. The number of anilines is 3. The molecule has 2 saturated heterocycles. The minimum atomic E-state index is 0.214. The molecule has 9 heteroatoms. The number of nitrogens with zero attached hydrogens (tertiary/aromatic N) is 6. The third-order valence-electron chi connectivity index (χ3n) is 5.74. The average Bonchev–Trinajstić information content (AvgIpc) is 3.26. The number of carbonyl (C=O) groups is 1. The van der Waals surface area contributed by atoms with Gasteiger partial charge in [-0.3, -0.25) is 14.6 Å². The fourth-order valence-electron chi connectivity index (χ4n) is 3.96. The van der Waals surface area contributed by atoms with E-state index in [0.29, 0.717) is 24.9 Å². The summed E-state index contributed by atoms with van der Waals surface area (Å²) in [7, 11) is 0. The lowest BCUT2D eigenvalue weighted by Gasteiger charge is -2.34. The van der Waals surface area contributed by atoms with E-state index in [1.54, 1.807) is 0 Å². The number of nitrogens with two attached hydrogens (primary N) is 1. The molecule has 1 aromatic heterocycles. The summed E-state index contributed by atoms with van der Waals surface area (Å²) in [6.07, 6.45) is 2.27. The monoisotopic (exact) mass is 410 g/mol. The van der Waals surface area contributed by atoms with Crippen LogP contribution in [0.5, 0.6) is 0 Å². The number of para-hydroxylation sites is 1. The van der Waals surface area contributed by atoms with Gasteiger partial charge in [0.15, 0.2) is 0 Å². The largest absolute Gasteiger partial charge is 0.368 e. The minimum Gasteiger partial charge on any atom is -0.368 e. The van der Waals surface area contributed by atoms with Gasteiger partial charge in [-0.05, 0) is 31.4 Å². The topological polar surface area (TPSA) is 104 Å². The summed E-state index contributed by atoms with van der Waals surface area (Å²) in [5.74, 6) is 1.59. The van der Waals surface area contributed by atoms with Crippen molar-refractivity contribution < 1.29 is 4.79 Å². The number of hydrogen-bond acceptors (Lipinski definition) is 8. The molecule has 3 N–H and O–H groups in total. The van der Waals surface area contributed by atoms with E-state index < -0.39 is 0 Å². The van der Waals surface area contributed by atoms with Gasteiger partial charge in [-0.15, -0.1) is 0 Å². The van der Waals surface area contributed by atoms with Crippen molar-refractivity contribution in [3.05, 3.63) is 35.7 Å². The molecule has 2 fully saturated rings. The van der Waals surface area contributed by atoms with E-state index >= 15 is 0 Å². The lowest BCUT2D eigenvalue weighted by atomic mass is 10.2. The fraction of sp³-hybridized carbons (Fsp3) is 0.524. The molecular weight excluding hydrogens is 380 g/mol. The van der Waals surface area contributed by atoms with Crippen LogP contribution in [0.15, 0.2) is 24.3 Å². The highest BCUT2D eigenvalue weighted by Crippen LogP contribution is 2.18. The minimum absolute atomic E-state index is 0.214. The summed E-state index contributed by atoms with van der Waals surface area (Å²) >= 11 is 0. The molecule has 0 unspecified atom stereocenters. The molecule has 1 aromatic carbocycles. The number of aryl methyl sites for hydroxylation is 1. The Hall–Kier alpha value is -2.78. The molecule has 0 radical (unpaired) electrons. The Kier molecular flexibility index (Phi) is 6.39. The molecule has 0 spiro atoms. The molecule has 9 nitrogen and oxygen atoms in total. The molecule has 4 rings (SSSR count). The number of amides is 1. The summed E-state index contributed by atoms with van der Waals surface area (Å²) in [6, 6.07) is 7.97. The number of rotatable bonds is 6. The highest BCUT2D eigenvalue weighted by molar-refractivity contribution is 5.78. The molecule has 160 valence electrons. The van der Waals surface area contributed by atoms with Crippen LogP contribution in [0.25, 0.3) is 0 Å². The lowest BCUT2D eigenvalue weighted by molar-refractivity contribution is -0.131. The molecule has 30 heavy (non-hydrogen) atoms. The van der Waals surface area contributed by atoms with Crippen molar-refractivity contribution in [2.45, 2.75) is 26.3 Å². The Morgan fingerprint density at radius 2 is 1.70 bits per heavy atom. The van der Waals surface area contributed by atoms with Gasteiger partial charge >= 0.3 is 0 Å². The first kappa shape index (κ1) is 20.5. The zero-order valence-corrected chi connectivity index (χ0v) is 17.5. The third kappa shape index (κ3) is 5.22. The molecule has 0 saturated carbocycles. The van der Waals surface area contributed by atoms with Crippen LogP contribution in [0.1, 0.15) is 24.2 Å². The summed E-state index contributed by atoms with van der Waals surface area (Å²) in [5.41, 5.74) is 7.98. The summed E-state index contributed by atoms with van der Waals surface area (Å²) in [5, 5.41) is 3.23. The van der Waals surface area contributed by atoms with Crippen LogP contribution in [0, 0.1) is 6.92 Å². The Morgan fingerprint density at radius 1 is 1.00 bits per heavy atom. The Balaban J connectivity index is 1.31. The number of nitrogen functional groups attached to an aromatic ring is 1. The Labute approximate surface area is 177 Å². The normalized spacial score (nSPS) is 18.0. The molecule has 1 amide bonds. The molecule has 3 heterocycles. The van der Waals surface area contributed by atoms with Crippen LogP contribution in [0.2, 0.25) is 0 Å². The molecule has 2 aromatic rings. The molecular formula is C21H30N8O. The summed E-state index contributed by atoms with van der Waals surface area (Å²) in [6.45, 7) is 8.49. The van der Waals surface area contributed by atoms with Crippen LogP contribution in [0.3, 0.4) is 0 Å². The van der Waals surface area contributed by atoms with Gasteiger partial charge in [0.1, 0.15) is 5.82 Å². The maximum absolute atomic E-state index is 12.4. The lowest BCUT2D eigenvalue weighted by Crippen LogP contribution is -2.49. The van der Waals surface area contributed by atoms with Gasteiger partial charge in [0, 0.05) is 45.0 Å². The van der Waals surface area contributed by atoms with Crippen molar-refractivity contribution in [2.75, 3.05) is 56.9 Å². The maximum Gasteiger partial charge on any atom is 0.236 e. The molecule has 0 bridgehead atoms. The predicted octanol–water partition coefficient (Wildman–Crippen LogP) is 1.25. The molecule has 0 aliphatic carbocycles. The average molecular weight is 411 g/mol. The zero-order valence-electron chi connectivity index (χ0n) is 17.5. The van der Waals surface area contributed by atoms with Crippen LogP contribution in [-0.2, 0) is 11.3 Å². The first-order valence-corrected chi connectivity index (χ1v) is 10.6. The van der Waals surface area contributed by atoms with E-state index in [4.69, 9.17) is 5.73 Å². The highest BCUT2D eigenvalue weighted by atomic mass is 16.2. The molecule has 0 atom stereocenters. The summed E-state index contributed by atoms with van der Waals surface area (Å²) < 4.78 is 0. The van der Waals surface area contributed by atoms with E-state index in [9.17, 15) is 4.79 Å². The fourth-order valence-corrected chi connectivity index (χ4v) is 3.96. The van der Waals surface area contributed by atoms with Gasteiger partial charge in [0.05, 0.1) is 13.1 Å². The standard InChI is InChI=1S/C21H30N8O/c1-16-6-2-3-7-17(16)23-21-25-18(24-20(22)26-21)14-27-10-12-28(13-11-27)15-19(30)29-8-4-5-9-29/h2-3,6-7H,4-5,8-15H2,1H3,(H3,22,23,24,25,26). The van der Waals surface area contributed by atoms with E-state index in [0.717, 1.165) is 63.4 Å². The molecule has 2 aliphatic rings. The van der Waals surface area contributed by atoms with Crippen LogP contribution in [0.4, 0.5) is 17.6 Å². The Bertz CT molecular complexity index is 875. The highest BCUT2D eigenvalue weighted by Gasteiger charge is 2.24. The van der Waals surface area contributed by atoms with Crippen molar-refractivity contribution in [1.82, 2.24) is 29.7 Å². The van der Waals surface area contributed by atoms with E-state index in [2.05, 4.69) is 30.1 Å². The van der Waals surface area contributed by atoms with E-state index in [1.807, 2.05) is 36.1 Å². The smallest absolute Gasteiger partial charge is 0.236 e. The van der Waals surface area contributed by atoms with Gasteiger partial charge in [-0.2, -0.15) is 15.0 Å². The number of aromatic nitrogens is 3. The van der Waals surface area contributed by atoms with Crippen LogP contribution >= 0.6 is 0 Å². The summed E-state index contributed by atoms with van der Waals surface area (Å²) in [4.78, 5) is 32.0. The SMILES string of the molecule is Cc1ccccc1Nc1nc(N)nc(CN2CCN(CC(=O)N3CCCC3)CC2)n1. The van der Waals surface area contributed by atoms with Crippen LogP contribution in [-0.4, -0.2) is 81.4 Å². The second-order valence-electron chi connectivity index (χ2n) is 8.01.